The van der Waals surface area contributed by atoms with Crippen molar-refractivity contribution >= 4 is 34.8 Å². The number of likely N-dealkylation sites (tertiary alicyclic amines) is 1. The zero-order chi connectivity index (χ0) is 12.4. The molecule has 1 N–H and O–H groups in total. The average molecular weight is 295 g/mol. The van der Waals surface area contributed by atoms with E-state index in [1.165, 1.54) is 25.3 Å². The summed E-state index contributed by atoms with van der Waals surface area (Å²) in [6, 6.07) is 1.47. The highest BCUT2D eigenvalue weighted by Crippen LogP contribution is 2.39. The van der Waals surface area contributed by atoms with Crippen molar-refractivity contribution in [2.24, 2.45) is 0 Å². The van der Waals surface area contributed by atoms with Gasteiger partial charge in [0.1, 0.15) is 5.75 Å². The van der Waals surface area contributed by atoms with Crippen LogP contribution in [0.5, 0.6) is 5.75 Å². The van der Waals surface area contributed by atoms with Crippen molar-refractivity contribution in [3.63, 3.8) is 0 Å². The van der Waals surface area contributed by atoms with Gasteiger partial charge in [0, 0.05) is 12.1 Å². The molecule has 0 radical (unpaired) electrons. The Kier molecular flexibility index (Phi) is 4.42. The summed E-state index contributed by atoms with van der Waals surface area (Å²) in [6.07, 6.45) is 3.64. The number of hydrogen-bond acceptors (Lipinski definition) is 2. The van der Waals surface area contributed by atoms with Crippen LogP contribution in [0.25, 0.3) is 0 Å². The summed E-state index contributed by atoms with van der Waals surface area (Å²) in [4.78, 5) is 2.26. The van der Waals surface area contributed by atoms with Crippen molar-refractivity contribution in [3.05, 3.63) is 26.7 Å². The molecule has 0 aromatic heterocycles. The average Bonchev–Trinajstić information content (AvgIpc) is 2.33. The van der Waals surface area contributed by atoms with E-state index in [0.717, 1.165) is 13.1 Å². The summed E-state index contributed by atoms with van der Waals surface area (Å²) >= 11 is 18.0. The molecule has 0 atom stereocenters. The molecule has 1 aliphatic rings. The summed E-state index contributed by atoms with van der Waals surface area (Å²) < 4.78 is 0. The Labute approximate surface area is 116 Å². The minimum absolute atomic E-state index is 0.0478. The molecule has 0 saturated carbocycles. The molecule has 0 bridgehead atoms. The van der Waals surface area contributed by atoms with E-state index in [2.05, 4.69) is 4.90 Å². The predicted octanol–water partition coefficient (Wildman–Crippen LogP) is 4.34. The van der Waals surface area contributed by atoms with Crippen LogP contribution in [0.15, 0.2) is 6.07 Å². The van der Waals surface area contributed by atoms with Gasteiger partial charge < -0.3 is 5.11 Å². The molecule has 0 spiro atoms. The van der Waals surface area contributed by atoms with E-state index in [1.807, 2.05) is 0 Å². The zero-order valence-electron chi connectivity index (χ0n) is 9.35. The van der Waals surface area contributed by atoms with Crippen LogP contribution >= 0.6 is 34.8 Å². The normalized spacial score (nSPS) is 17.4. The molecular formula is C12H14Cl3NO. The minimum atomic E-state index is 0.0478. The SMILES string of the molecule is Oc1c(Cl)cc(Cl)c(Cl)c1CN1CCCCC1. The van der Waals surface area contributed by atoms with Gasteiger partial charge in [0.2, 0.25) is 0 Å². The van der Waals surface area contributed by atoms with Gasteiger partial charge in [-0.15, -0.1) is 0 Å². The van der Waals surface area contributed by atoms with Gasteiger partial charge in [-0.2, -0.15) is 0 Å². The number of phenols is 1. The third-order valence-electron chi connectivity index (χ3n) is 3.07. The lowest BCUT2D eigenvalue weighted by atomic mass is 10.1. The van der Waals surface area contributed by atoms with Gasteiger partial charge in [-0.1, -0.05) is 41.2 Å². The largest absolute Gasteiger partial charge is 0.506 e. The summed E-state index contributed by atoms with van der Waals surface area (Å²) in [7, 11) is 0. The zero-order valence-corrected chi connectivity index (χ0v) is 11.6. The highest BCUT2D eigenvalue weighted by Gasteiger charge is 2.18. The standard InChI is InChI=1S/C12H14Cl3NO/c13-9-6-10(14)12(17)8(11(9)15)7-16-4-2-1-3-5-16/h6,17H,1-5,7H2. The first-order chi connectivity index (χ1) is 8.09. The van der Waals surface area contributed by atoms with Crippen molar-refractivity contribution in [1.82, 2.24) is 4.90 Å². The fourth-order valence-electron chi connectivity index (χ4n) is 2.12. The number of nitrogens with zero attached hydrogens (tertiary/aromatic N) is 1. The van der Waals surface area contributed by atoms with E-state index in [1.54, 1.807) is 0 Å². The number of hydrogen-bond donors (Lipinski definition) is 1. The number of phenolic OH excluding ortho intramolecular Hbond substituents is 1. The van der Waals surface area contributed by atoms with Crippen LogP contribution in [0.2, 0.25) is 15.1 Å². The van der Waals surface area contributed by atoms with Crippen molar-refractivity contribution in [2.45, 2.75) is 25.8 Å². The van der Waals surface area contributed by atoms with Gasteiger partial charge in [-0.3, -0.25) is 4.90 Å². The highest BCUT2D eigenvalue weighted by molar-refractivity contribution is 6.44. The summed E-state index contributed by atoms with van der Waals surface area (Å²) in [5.41, 5.74) is 0.631. The van der Waals surface area contributed by atoms with Gasteiger partial charge in [0.05, 0.1) is 15.1 Å². The molecule has 2 rings (SSSR count). The van der Waals surface area contributed by atoms with E-state index < -0.39 is 0 Å². The minimum Gasteiger partial charge on any atom is -0.506 e. The van der Waals surface area contributed by atoms with Crippen molar-refractivity contribution in [1.29, 1.82) is 0 Å². The maximum atomic E-state index is 9.93. The van der Waals surface area contributed by atoms with Crippen LogP contribution in [0.1, 0.15) is 24.8 Å². The quantitative estimate of drug-likeness (QED) is 0.820. The summed E-state index contributed by atoms with van der Waals surface area (Å²) in [5, 5.41) is 11.0. The second kappa shape index (κ2) is 5.66. The molecule has 17 heavy (non-hydrogen) atoms. The highest BCUT2D eigenvalue weighted by atomic mass is 35.5. The van der Waals surface area contributed by atoms with Crippen LogP contribution in [-0.2, 0) is 6.54 Å². The lowest BCUT2D eigenvalue weighted by Gasteiger charge is -2.27. The Morgan fingerprint density at radius 2 is 1.71 bits per heavy atom. The molecule has 0 amide bonds. The Balaban J connectivity index is 2.24. The Hall–Kier alpha value is -0.150. The molecule has 1 heterocycles. The lowest BCUT2D eigenvalue weighted by Crippen LogP contribution is -2.29. The molecule has 1 aromatic carbocycles. The van der Waals surface area contributed by atoms with Crippen molar-refractivity contribution < 1.29 is 5.11 Å². The molecule has 1 saturated heterocycles. The number of piperidine rings is 1. The molecule has 94 valence electrons. The third kappa shape index (κ3) is 3.00. The second-order valence-electron chi connectivity index (χ2n) is 4.32. The first kappa shape index (κ1) is 13.3. The molecule has 1 aromatic rings. The van der Waals surface area contributed by atoms with Crippen LogP contribution < -0.4 is 0 Å². The van der Waals surface area contributed by atoms with Gasteiger partial charge in [-0.05, 0) is 32.0 Å². The van der Waals surface area contributed by atoms with Crippen molar-refractivity contribution in [3.8, 4) is 5.75 Å². The topological polar surface area (TPSA) is 23.5 Å². The first-order valence-electron chi connectivity index (χ1n) is 5.67. The van der Waals surface area contributed by atoms with E-state index in [4.69, 9.17) is 34.8 Å². The van der Waals surface area contributed by atoms with Crippen molar-refractivity contribution in [2.75, 3.05) is 13.1 Å². The summed E-state index contributed by atoms with van der Waals surface area (Å²) in [6.45, 7) is 2.66. The molecule has 0 aliphatic carbocycles. The monoisotopic (exact) mass is 293 g/mol. The Morgan fingerprint density at radius 3 is 2.35 bits per heavy atom. The fraction of sp³-hybridized carbons (Fsp3) is 0.500. The molecule has 5 heteroatoms. The third-order valence-corrected chi connectivity index (χ3v) is 4.19. The van der Waals surface area contributed by atoms with E-state index in [9.17, 15) is 5.11 Å². The maximum Gasteiger partial charge on any atom is 0.140 e. The Bertz CT molecular complexity index is 390. The van der Waals surface area contributed by atoms with Gasteiger partial charge >= 0.3 is 0 Å². The molecule has 2 nitrogen and oxygen atoms in total. The number of benzene rings is 1. The fourth-order valence-corrected chi connectivity index (χ4v) is 2.83. The van der Waals surface area contributed by atoms with Gasteiger partial charge in [0.25, 0.3) is 0 Å². The molecule has 1 aliphatic heterocycles. The molecule has 0 unspecified atom stereocenters. The summed E-state index contributed by atoms with van der Waals surface area (Å²) in [5.74, 6) is 0.0478. The van der Waals surface area contributed by atoms with Crippen LogP contribution in [0, 0.1) is 0 Å². The Morgan fingerprint density at radius 1 is 1.06 bits per heavy atom. The molecule has 1 fully saturated rings. The lowest BCUT2D eigenvalue weighted by molar-refractivity contribution is 0.218. The van der Waals surface area contributed by atoms with E-state index >= 15 is 0 Å². The molecular weight excluding hydrogens is 280 g/mol. The van der Waals surface area contributed by atoms with Gasteiger partial charge in [0.15, 0.2) is 0 Å². The number of aromatic hydroxyl groups is 1. The van der Waals surface area contributed by atoms with Crippen LogP contribution in [0.3, 0.4) is 0 Å². The van der Waals surface area contributed by atoms with E-state index in [-0.39, 0.29) is 10.8 Å². The number of halogens is 3. The maximum absolute atomic E-state index is 9.93. The number of rotatable bonds is 2. The smallest absolute Gasteiger partial charge is 0.140 e. The first-order valence-corrected chi connectivity index (χ1v) is 6.80. The van der Waals surface area contributed by atoms with Crippen LogP contribution in [-0.4, -0.2) is 23.1 Å². The van der Waals surface area contributed by atoms with Crippen LogP contribution in [0.4, 0.5) is 0 Å². The van der Waals surface area contributed by atoms with E-state index in [0.29, 0.717) is 22.2 Å². The second-order valence-corrected chi connectivity index (χ2v) is 5.51. The predicted molar refractivity (Wildman–Crippen MR) is 72.3 cm³/mol. The van der Waals surface area contributed by atoms with Gasteiger partial charge in [-0.25, -0.2) is 0 Å².